The number of guanidine groups is 1. The highest BCUT2D eigenvalue weighted by molar-refractivity contribution is 6.01. The largest absolute Gasteiger partial charge is 0.508 e. The van der Waals surface area contributed by atoms with Crippen LogP contribution in [0.3, 0.4) is 0 Å². The quantitative estimate of drug-likeness (QED) is 0.0166. The summed E-state index contributed by atoms with van der Waals surface area (Å²) in [5.74, 6) is -22.4. The van der Waals surface area contributed by atoms with Gasteiger partial charge in [0.05, 0.1) is 25.7 Å². The fourth-order valence-electron chi connectivity index (χ4n) is 12.5. The first kappa shape index (κ1) is 103. The van der Waals surface area contributed by atoms with E-state index in [0.29, 0.717) is 12.0 Å². The minimum Gasteiger partial charge on any atom is -0.508 e. The number of aliphatic hydroxyl groups is 3. The van der Waals surface area contributed by atoms with Crippen molar-refractivity contribution in [1.29, 1.82) is 0 Å². The van der Waals surface area contributed by atoms with Crippen LogP contribution in [-0.4, -0.2) is 283 Å². The third kappa shape index (κ3) is 36.5. The van der Waals surface area contributed by atoms with Crippen molar-refractivity contribution in [3.05, 3.63) is 65.7 Å². The Morgan fingerprint density at radius 2 is 0.926 bits per heavy atom. The Labute approximate surface area is 698 Å². The molecule has 672 valence electrons. The first-order valence-corrected chi connectivity index (χ1v) is 39.5. The summed E-state index contributed by atoms with van der Waals surface area (Å²) in [6.45, 7) is 9.98. The minimum absolute atomic E-state index is 0.0222. The van der Waals surface area contributed by atoms with Crippen molar-refractivity contribution >= 4 is 112 Å². The van der Waals surface area contributed by atoms with Gasteiger partial charge >= 0.3 is 17.9 Å². The molecule has 0 aromatic heterocycles. The Hall–Kier alpha value is -12.2. The van der Waals surface area contributed by atoms with E-state index in [1.54, 1.807) is 44.2 Å². The topological polar surface area (TPSA) is 711 Å². The van der Waals surface area contributed by atoms with Gasteiger partial charge in [-0.25, -0.2) is 0 Å². The maximum absolute atomic E-state index is 14.6. The molecular weight excluding hydrogens is 1590 g/mol. The van der Waals surface area contributed by atoms with Gasteiger partial charge in [0, 0.05) is 39.3 Å². The van der Waals surface area contributed by atoms with E-state index < -0.39 is 254 Å². The molecule has 27 N–H and O–H groups in total. The van der Waals surface area contributed by atoms with E-state index in [9.17, 15) is 122 Å². The van der Waals surface area contributed by atoms with Crippen LogP contribution in [0.4, 0.5) is 0 Å². The SMILES string of the molecule is CC(=O)N[C@@H](CO)C(=O)N[C@H](C(=O)N[C@@H](C)C(=O)N[C@@H](CCCN=C(N)N)C(=O)N1CCC[C@H]1C(=O)N[C@@H](CC(C)C)C(=O)N[C@@H](CCCCN)C(=O)N[C@@H](CO)C(=O)N[C@H](C(=O)N[C@@H](CC(=O)O)C(=O)N[C@@H](Cc1ccc(O)cc1)C(=O)N[C@@H](CCC(=O)O)C(=O)N[C@H](C(=O)N[C@@H](Cc1ccccc1)C(=O)NCC(=O)O)C(C)C)C(C)C)[C@@H](C)O. The number of nitrogens with two attached hydrogens (primary N) is 3. The van der Waals surface area contributed by atoms with Crippen LogP contribution in [0.15, 0.2) is 59.6 Å². The molecule has 1 aliphatic rings. The Morgan fingerprint density at radius 3 is 1.44 bits per heavy atom. The normalized spacial score (nSPS) is 15.9. The fraction of sp³-hybridized carbons (Fsp3) is 0.597. The van der Waals surface area contributed by atoms with Crippen molar-refractivity contribution in [2.75, 3.05) is 39.4 Å². The summed E-state index contributed by atoms with van der Waals surface area (Å²) < 4.78 is 0. The van der Waals surface area contributed by atoms with Gasteiger partial charge in [0.15, 0.2) is 5.96 Å². The zero-order valence-corrected chi connectivity index (χ0v) is 69.1. The first-order valence-electron chi connectivity index (χ1n) is 39.5. The Balaban J connectivity index is 1.91. The van der Waals surface area contributed by atoms with Crippen LogP contribution in [-0.2, 0) is 99.1 Å². The summed E-state index contributed by atoms with van der Waals surface area (Å²) in [6.07, 6.45) is -4.28. The Bertz CT molecular complexity index is 3920. The number of nitrogens with one attached hydrogen (secondary N) is 14. The van der Waals surface area contributed by atoms with Crippen molar-refractivity contribution in [1.82, 2.24) is 79.3 Å². The van der Waals surface area contributed by atoms with E-state index in [4.69, 9.17) is 17.2 Å². The molecule has 1 saturated heterocycles. The standard InChI is InChI=1S/C77H119N19O25/c1-38(2)31-50(89-72(117)56-21-16-30-96(56)76(121)49(20-15-29-81-77(79)80)87-63(108)41(7)83-75(120)62(42(8)99)95-70(115)54(36-97)84-43(9)100)67(112)85-47(19-13-14-28-78)65(110)92-55(37-98)71(116)94-61(40(5)6)74(119)91-53(34-58(104)105)69(114)88-52(33-45-22-24-46(101)25-23-45)68(113)86-48(26-27-57(102)103)66(111)93-60(39(3)4)73(118)90-51(64(109)82-35-59(106)107)32-44-17-11-10-12-18-44/h10-12,17-18,22-25,38-42,47-56,60-62,97-99,101H,13-16,19-21,26-37,78H2,1-9H3,(H,82,109)(H,83,120)(H,84,100)(H,85,112)(H,86,113)(H,87,108)(H,88,114)(H,89,117)(H,90,118)(H,91,119)(H,92,110)(H,93,111)(H,94,116)(H,95,115)(H,102,103)(H,104,105)(H,106,107)(H4,79,80,81)/t41-,42+,47-,48-,49-,50-,51-,52-,53-,54-,55-,56-,60-,61-,62-/m0/s1. The molecular formula is C77H119N19O25. The lowest BCUT2D eigenvalue weighted by Gasteiger charge is -2.31. The molecule has 2 aromatic carbocycles. The maximum Gasteiger partial charge on any atom is 0.322 e. The van der Waals surface area contributed by atoms with Gasteiger partial charge in [-0.3, -0.25) is 91.3 Å². The number of phenols is 1. The fourth-order valence-corrected chi connectivity index (χ4v) is 12.5. The number of aliphatic hydroxyl groups excluding tert-OH is 3. The second-order valence-electron chi connectivity index (χ2n) is 30.3. The summed E-state index contributed by atoms with van der Waals surface area (Å²) >= 11 is 0. The molecule has 0 spiro atoms. The number of aromatic hydroxyl groups is 1. The monoisotopic (exact) mass is 1710 g/mol. The van der Waals surface area contributed by atoms with Crippen molar-refractivity contribution < 1.29 is 122 Å². The summed E-state index contributed by atoms with van der Waals surface area (Å²) in [6, 6.07) is -9.19. The van der Waals surface area contributed by atoms with E-state index in [0.717, 1.165) is 13.8 Å². The maximum atomic E-state index is 14.6. The highest BCUT2D eigenvalue weighted by Crippen LogP contribution is 2.22. The molecule has 0 aliphatic carbocycles. The molecule has 0 bridgehead atoms. The number of phenolic OH excluding ortho intramolecular Hbond substituents is 1. The molecule has 44 nitrogen and oxygen atoms in total. The average Bonchev–Trinajstić information content (AvgIpc) is 1.48. The number of aliphatic carboxylic acids is 3. The van der Waals surface area contributed by atoms with Crippen LogP contribution >= 0.6 is 0 Å². The predicted molar refractivity (Wildman–Crippen MR) is 431 cm³/mol. The second-order valence-corrected chi connectivity index (χ2v) is 30.3. The third-order valence-electron chi connectivity index (χ3n) is 18.9. The number of unbranched alkanes of at least 4 members (excludes halogenated alkanes) is 1. The van der Waals surface area contributed by atoms with Gasteiger partial charge in [0.25, 0.3) is 0 Å². The number of carbonyl (C=O) groups excluding carboxylic acids is 15. The number of likely N-dealkylation sites (tertiary alicyclic amines) is 1. The van der Waals surface area contributed by atoms with E-state index >= 15 is 0 Å². The van der Waals surface area contributed by atoms with Gasteiger partial charge in [0.1, 0.15) is 96.9 Å². The van der Waals surface area contributed by atoms with Crippen molar-refractivity contribution in [2.45, 2.75) is 236 Å². The molecule has 1 fully saturated rings. The smallest absolute Gasteiger partial charge is 0.322 e. The Kier molecular flexibility index (Phi) is 44.3. The zero-order chi connectivity index (χ0) is 91.1. The second kappa shape index (κ2) is 52.0. The van der Waals surface area contributed by atoms with Crippen LogP contribution < -0.4 is 91.6 Å². The highest BCUT2D eigenvalue weighted by Gasteiger charge is 2.42. The highest BCUT2D eigenvalue weighted by atomic mass is 16.4. The lowest BCUT2D eigenvalue weighted by Crippen LogP contribution is -2.62. The molecule has 15 atom stereocenters. The number of carboxylic acids is 3. The zero-order valence-electron chi connectivity index (χ0n) is 69.1. The van der Waals surface area contributed by atoms with Crippen LogP contribution in [0.1, 0.15) is 144 Å². The molecule has 121 heavy (non-hydrogen) atoms. The van der Waals surface area contributed by atoms with Crippen LogP contribution in [0.2, 0.25) is 0 Å². The summed E-state index contributed by atoms with van der Waals surface area (Å²) in [5.41, 5.74) is 17.6. The molecule has 1 aliphatic heterocycles. The number of amides is 15. The number of benzene rings is 2. The molecule has 2 aromatic rings. The van der Waals surface area contributed by atoms with Gasteiger partial charge in [0.2, 0.25) is 88.6 Å². The van der Waals surface area contributed by atoms with Gasteiger partial charge in [-0.1, -0.05) is 84.0 Å². The minimum atomic E-state index is -2.10. The lowest BCUT2D eigenvalue weighted by molar-refractivity contribution is -0.143. The number of aliphatic imine (C=N–C) groups is 1. The molecule has 15 amide bonds. The molecule has 0 radical (unpaired) electrons. The summed E-state index contributed by atoms with van der Waals surface area (Å²) in [5, 5.41) is 104. The number of rotatable bonds is 53. The van der Waals surface area contributed by atoms with E-state index in [1.807, 2.05) is 0 Å². The number of hydrogen-bond donors (Lipinski definition) is 24. The van der Waals surface area contributed by atoms with Gasteiger partial charge in [-0.15, -0.1) is 0 Å². The number of nitrogens with zero attached hydrogens (tertiary/aromatic N) is 2. The van der Waals surface area contributed by atoms with Crippen molar-refractivity contribution in [3.63, 3.8) is 0 Å². The predicted octanol–water partition coefficient (Wildman–Crippen LogP) is -7.04. The number of carbonyl (C=O) groups is 18. The molecule has 0 saturated carbocycles. The van der Waals surface area contributed by atoms with E-state index in [-0.39, 0.29) is 94.2 Å². The van der Waals surface area contributed by atoms with Gasteiger partial charge in [-0.05, 0) is 119 Å². The molecule has 3 rings (SSSR count). The van der Waals surface area contributed by atoms with Crippen molar-refractivity contribution in [2.24, 2.45) is 39.9 Å². The summed E-state index contributed by atoms with van der Waals surface area (Å²) in [4.78, 5) is 250. The van der Waals surface area contributed by atoms with Gasteiger partial charge in [-0.2, -0.15) is 0 Å². The third-order valence-corrected chi connectivity index (χ3v) is 18.9. The van der Waals surface area contributed by atoms with E-state index in [1.165, 1.54) is 63.8 Å². The van der Waals surface area contributed by atoms with Crippen LogP contribution in [0.25, 0.3) is 0 Å². The molecule has 0 unspecified atom stereocenters. The Morgan fingerprint density at radius 1 is 0.471 bits per heavy atom. The first-order chi connectivity index (χ1) is 56.9. The lowest BCUT2D eigenvalue weighted by atomic mass is 9.99. The molecule has 44 heteroatoms. The van der Waals surface area contributed by atoms with E-state index in [2.05, 4.69) is 79.4 Å². The number of hydrogen-bond acceptors (Lipinski definition) is 24. The van der Waals surface area contributed by atoms with Crippen molar-refractivity contribution in [3.8, 4) is 5.75 Å². The van der Waals surface area contributed by atoms with Gasteiger partial charge < -0.3 is 132 Å². The van der Waals surface area contributed by atoms with Crippen LogP contribution in [0, 0.1) is 17.8 Å². The number of carboxylic acid groups (broad SMARTS) is 3. The average molecular weight is 1710 g/mol. The summed E-state index contributed by atoms with van der Waals surface area (Å²) in [7, 11) is 0. The molecule has 1 heterocycles. The van der Waals surface area contributed by atoms with Crippen LogP contribution in [0.5, 0.6) is 5.75 Å².